The first kappa shape index (κ1) is 13.7. The van der Waals surface area contributed by atoms with E-state index in [-0.39, 0.29) is 5.41 Å². The van der Waals surface area contributed by atoms with E-state index in [0.29, 0.717) is 17.8 Å². The van der Waals surface area contributed by atoms with Crippen LogP contribution in [0.2, 0.25) is 0 Å². The molecule has 0 aromatic carbocycles. The Morgan fingerprint density at radius 1 is 1.26 bits per heavy atom. The molecule has 1 unspecified atom stereocenters. The molecule has 1 N–H and O–H groups in total. The van der Waals surface area contributed by atoms with Gasteiger partial charge in [-0.05, 0) is 24.6 Å². The van der Waals surface area contributed by atoms with Gasteiger partial charge in [-0.1, -0.05) is 25.9 Å². The van der Waals surface area contributed by atoms with E-state index in [1.54, 1.807) is 12.4 Å². The van der Waals surface area contributed by atoms with Gasteiger partial charge in [0.2, 0.25) is 11.7 Å². The molecule has 2 aromatic rings. The molecule has 5 heteroatoms. The third-order valence-corrected chi connectivity index (χ3v) is 3.18. The number of nitrogens with zero attached hydrogens (tertiary/aromatic N) is 3. The van der Waals surface area contributed by atoms with Crippen molar-refractivity contribution in [2.24, 2.45) is 5.41 Å². The highest BCUT2D eigenvalue weighted by molar-refractivity contribution is 5.52. The van der Waals surface area contributed by atoms with Gasteiger partial charge in [0.25, 0.3) is 0 Å². The maximum Gasteiger partial charge on any atom is 0.228 e. The Hall–Kier alpha value is -1.75. The minimum atomic E-state index is 0.139. The van der Waals surface area contributed by atoms with Crippen LogP contribution >= 0.6 is 0 Å². The standard InChI is InChI=1S/C14H20N4O/c1-14(2,3)11(15-4)9-12-17-13(18-19-12)10-5-7-16-8-6-10/h5-8,11,15H,9H2,1-4H3. The van der Waals surface area contributed by atoms with Crippen molar-refractivity contribution in [3.05, 3.63) is 30.4 Å². The van der Waals surface area contributed by atoms with E-state index in [1.165, 1.54) is 0 Å². The first-order valence-electron chi connectivity index (χ1n) is 6.41. The molecule has 0 spiro atoms. The number of hydrogen-bond donors (Lipinski definition) is 1. The summed E-state index contributed by atoms with van der Waals surface area (Å²) >= 11 is 0. The fourth-order valence-corrected chi connectivity index (χ4v) is 1.97. The van der Waals surface area contributed by atoms with Crippen molar-refractivity contribution in [3.63, 3.8) is 0 Å². The van der Waals surface area contributed by atoms with Crippen LogP contribution in [0.4, 0.5) is 0 Å². The minimum Gasteiger partial charge on any atom is -0.339 e. The first-order chi connectivity index (χ1) is 9.00. The number of rotatable bonds is 4. The van der Waals surface area contributed by atoms with Crippen LogP contribution < -0.4 is 5.32 Å². The van der Waals surface area contributed by atoms with Gasteiger partial charge in [-0.2, -0.15) is 4.98 Å². The number of likely N-dealkylation sites (N-methyl/N-ethyl adjacent to an activating group) is 1. The molecule has 0 saturated heterocycles. The van der Waals surface area contributed by atoms with Crippen LogP contribution in [-0.4, -0.2) is 28.2 Å². The second kappa shape index (κ2) is 5.48. The van der Waals surface area contributed by atoms with Crippen LogP contribution in [0.15, 0.2) is 29.0 Å². The van der Waals surface area contributed by atoms with Crippen molar-refractivity contribution in [2.45, 2.75) is 33.2 Å². The fourth-order valence-electron chi connectivity index (χ4n) is 1.97. The Bertz CT molecular complexity index is 516. The van der Waals surface area contributed by atoms with Crippen LogP contribution in [0.5, 0.6) is 0 Å². The maximum absolute atomic E-state index is 5.33. The van der Waals surface area contributed by atoms with E-state index in [2.05, 4.69) is 41.2 Å². The molecule has 0 radical (unpaired) electrons. The predicted molar refractivity (Wildman–Crippen MR) is 73.5 cm³/mol. The molecule has 0 fully saturated rings. The monoisotopic (exact) mass is 260 g/mol. The lowest BCUT2D eigenvalue weighted by atomic mass is 9.85. The molecule has 0 amide bonds. The fraction of sp³-hybridized carbons (Fsp3) is 0.500. The quantitative estimate of drug-likeness (QED) is 0.914. The topological polar surface area (TPSA) is 63.8 Å². The Morgan fingerprint density at radius 3 is 2.53 bits per heavy atom. The lowest BCUT2D eigenvalue weighted by Gasteiger charge is -2.29. The molecule has 0 aliphatic carbocycles. The number of pyridine rings is 1. The third kappa shape index (κ3) is 3.38. The molecule has 0 saturated carbocycles. The normalized spacial score (nSPS) is 13.5. The largest absolute Gasteiger partial charge is 0.339 e. The van der Waals surface area contributed by atoms with Gasteiger partial charge in [-0.3, -0.25) is 4.98 Å². The average Bonchev–Trinajstić information content (AvgIpc) is 2.84. The second-order valence-electron chi connectivity index (χ2n) is 5.66. The second-order valence-corrected chi connectivity index (χ2v) is 5.66. The average molecular weight is 260 g/mol. The molecule has 0 bridgehead atoms. The van der Waals surface area contributed by atoms with E-state index in [1.807, 2.05) is 19.2 Å². The summed E-state index contributed by atoms with van der Waals surface area (Å²) in [5, 5.41) is 7.32. The lowest BCUT2D eigenvalue weighted by Crippen LogP contribution is -2.39. The van der Waals surface area contributed by atoms with E-state index in [9.17, 15) is 0 Å². The molecule has 102 valence electrons. The Kier molecular flexibility index (Phi) is 3.95. The van der Waals surface area contributed by atoms with Gasteiger partial charge < -0.3 is 9.84 Å². The van der Waals surface area contributed by atoms with Crippen molar-refractivity contribution in [2.75, 3.05) is 7.05 Å². The lowest BCUT2D eigenvalue weighted by molar-refractivity contribution is 0.255. The molecule has 2 rings (SSSR count). The van der Waals surface area contributed by atoms with Gasteiger partial charge in [-0.25, -0.2) is 0 Å². The van der Waals surface area contributed by atoms with Crippen molar-refractivity contribution in [1.29, 1.82) is 0 Å². The zero-order valence-electron chi connectivity index (χ0n) is 11.8. The zero-order chi connectivity index (χ0) is 13.9. The molecule has 2 heterocycles. The Balaban J connectivity index is 2.14. The minimum absolute atomic E-state index is 0.139. The van der Waals surface area contributed by atoms with E-state index >= 15 is 0 Å². The maximum atomic E-state index is 5.33. The molecule has 19 heavy (non-hydrogen) atoms. The van der Waals surface area contributed by atoms with Crippen LogP contribution in [0.3, 0.4) is 0 Å². The molecular weight excluding hydrogens is 240 g/mol. The first-order valence-corrected chi connectivity index (χ1v) is 6.41. The van der Waals surface area contributed by atoms with Gasteiger partial charge >= 0.3 is 0 Å². The molecular formula is C14H20N4O. The summed E-state index contributed by atoms with van der Waals surface area (Å²) in [4.78, 5) is 8.41. The summed E-state index contributed by atoms with van der Waals surface area (Å²) in [5.41, 5.74) is 1.06. The van der Waals surface area contributed by atoms with Crippen LogP contribution in [0.1, 0.15) is 26.7 Å². The van der Waals surface area contributed by atoms with Gasteiger partial charge in [-0.15, -0.1) is 0 Å². The molecule has 2 aromatic heterocycles. The summed E-state index contributed by atoms with van der Waals surface area (Å²) < 4.78 is 5.33. The van der Waals surface area contributed by atoms with Crippen LogP contribution in [0.25, 0.3) is 11.4 Å². The number of aromatic nitrogens is 3. The van der Waals surface area contributed by atoms with Gasteiger partial charge in [0.05, 0.1) is 0 Å². The SMILES string of the molecule is CNC(Cc1nc(-c2ccncc2)no1)C(C)(C)C. The molecule has 0 aliphatic rings. The van der Waals surface area contributed by atoms with Gasteiger partial charge in [0.15, 0.2) is 0 Å². The highest BCUT2D eigenvalue weighted by Crippen LogP contribution is 2.23. The van der Waals surface area contributed by atoms with Gasteiger partial charge in [0, 0.05) is 30.4 Å². The zero-order valence-corrected chi connectivity index (χ0v) is 11.8. The summed E-state index contributed by atoms with van der Waals surface area (Å²) in [5.74, 6) is 1.27. The third-order valence-electron chi connectivity index (χ3n) is 3.18. The van der Waals surface area contributed by atoms with Gasteiger partial charge in [0.1, 0.15) is 0 Å². The summed E-state index contributed by atoms with van der Waals surface area (Å²) in [6.45, 7) is 6.57. The summed E-state index contributed by atoms with van der Waals surface area (Å²) in [6, 6.07) is 4.03. The predicted octanol–water partition coefficient (Wildman–Crippen LogP) is 2.31. The van der Waals surface area contributed by atoms with E-state index < -0.39 is 0 Å². The van der Waals surface area contributed by atoms with E-state index in [4.69, 9.17) is 4.52 Å². The highest BCUT2D eigenvalue weighted by atomic mass is 16.5. The molecule has 5 nitrogen and oxygen atoms in total. The molecule has 1 atom stereocenters. The van der Waals surface area contributed by atoms with Crippen molar-refractivity contribution < 1.29 is 4.52 Å². The highest BCUT2D eigenvalue weighted by Gasteiger charge is 2.25. The van der Waals surface area contributed by atoms with Crippen molar-refractivity contribution in [1.82, 2.24) is 20.4 Å². The number of hydrogen-bond acceptors (Lipinski definition) is 5. The van der Waals surface area contributed by atoms with Crippen molar-refractivity contribution >= 4 is 0 Å². The van der Waals surface area contributed by atoms with Crippen LogP contribution in [-0.2, 0) is 6.42 Å². The Labute approximate surface area is 113 Å². The smallest absolute Gasteiger partial charge is 0.228 e. The van der Waals surface area contributed by atoms with Crippen molar-refractivity contribution in [3.8, 4) is 11.4 Å². The summed E-state index contributed by atoms with van der Waals surface area (Å²) in [6.07, 6.45) is 4.16. The number of nitrogens with one attached hydrogen (secondary N) is 1. The summed E-state index contributed by atoms with van der Waals surface area (Å²) in [7, 11) is 1.95. The van der Waals surface area contributed by atoms with Crippen LogP contribution in [0, 0.1) is 5.41 Å². The molecule has 0 aliphatic heterocycles. The van der Waals surface area contributed by atoms with E-state index in [0.717, 1.165) is 12.0 Å². The Morgan fingerprint density at radius 2 is 1.95 bits per heavy atom.